The molecule has 19 heavy (non-hydrogen) atoms. The van der Waals surface area contributed by atoms with E-state index in [2.05, 4.69) is 10.2 Å². The molecule has 1 aromatic heterocycles. The lowest BCUT2D eigenvalue weighted by Gasteiger charge is -2.21. The summed E-state index contributed by atoms with van der Waals surface area (Å²) >= 11 is 0. The van der Waals surface area contributed by atoms with Gasteiger partial charge in [-0.3, -0.25) is 5.10 Å². The Bertz CT molecular complexity index is 532. The Morgan fingerprint density at radius 1 is 1.42 bits per heavy atom. The van der Waals surface area contributed by atoms with Crippen molar-refractivity contribution in [1.29, 1.82) is 0 Å². The average Bonchev–Trinajstić information content (AvgIpc) is 2.98. The molecule has 108 valence electrons. The molecule has 1 heterocycles. The summed E-state index contributed by atoms with van der Waals surface area (Å²) in [4.78, 5) is 0.121. The van der Waals surface area contributed by atoms with Crippen LogP contribution in [0.1, 0.15) is 37.1 Å². The highest BCUT2D eigenvalue weighted by Crippen LogP contribution is 2.28. The first-order valence-electron chi connectivity index (χ1n) is 6.58. The fourth-order valence-electron chi connectivity index (χ4n) is 2.73. The van der Waals surface area contributed by atoms with Crippen LogP contribution in [0.2, 0.25) is 0 Å². The highest BCUT2D eigenvalue weighted by atomic mass is 32.2. The quantitative estimate of drug-likeness (QED) is 0.846. The zero-order valence-electron chi connectivity index (χ0n) is 11.4. The van der Waals surface area contributed by atoms with Gasteiger partial charge in [0.1, 0.15) is 10.6 Å². The molecular formula is C12H21N3O3S. The predicted octanol–water partition coefficient (Wildman–Crippen LogP) is 1.02. The molecule has 1 saturated carbocycles. The molecule has 1 fully saturated rings. The molecular weight excluding hydrogens is 266 g/mol. The van der Waals surface area contributed by atoms with Crippen LogP contribution in [0.3, 0.4) is 0 Å². The average molecular weight is 287 g/mol. The van der Waals surface area contributed by atoms with Crippen molar-refractivity contribution >= 4 is 10.0 Å². The number of hydrogen-bond acceptors (Lipinski definition) is 4. The molecule has 0 unspecified atom stereocenters. The lowest BCUT2D eigenvalue weighted by atomic mass is 10.1. The third-order valence-electron chi connectivity index (χ3n) is 3.77. The van der Waals surface area contributed by atoms with Gasteiger partial charge in [0.2, 0.25) is 10.0 Å². The van der Waals surface area contributed by atoms with Crippen LogP contribution in [0.25, 0.3) is 0 Å². The number of nitrogens with zero attached hydrogens (tertiary/aromatic N) is 2. The summed E-state index contributed by atoms with van der Waals surface area (Å²) in [6, 6.07) is 0. The van der Waals surface area contributed by atoms with Gasteiger partial charge in [-0.2, -0.15) is 5.10 Å². The smallest absolute Gasteiger partial charge is 0.246 e. The van der Waals surface area contributed by atoms with Crippen molar-refractivity contribution in [1.82, 2.24) is 14.5 Å². The molecule has 7 heteroatoms. The summed E-state index contributed by atoms with van der Waals surface area (Å²) in [5.74, 6) is 0.449. The maximum Gasteiger partial charge on any atom is 0.246 e. The van der Waals surface area contributed by atoms with Crippen molar-refractivity contribution in [2.45, 2.75) is 44.1 Å². The van der Waals surface area contributed by atoms with E-state index in [-0.39, 0.29) is 17.2 Å². The van der Waals surface area contributed by atoms with Gasteiger partial charge in [0.05, 0.1) is 12.3 Å². The largest absolute Gasteiger partial charge is 0.390 e. The molecule has 1 aliphatic rings. The van der Waals surface area contributed by atoms with E-state index in [1.54, 1.807) is 14.0 Å². The van der Waals surface area contributed by atoms with Crippen molar-refractivity contribution < 1.29 is 13.5 Å². The lowest BCUT2D eigenvalue weighted by Crippen LogP contribution is -2.32. The van der Waals surface area contributed by atoms with Gasteiger partial charge in [0.15, 0.2) is 0 Å². The van der Waals surface area contributed by atoms with Crippen LogP contribution in [-0.2, 0) is 16.6 Å². The Balaban J connectivity index is 2.22. The first-order chi connectivity index (χ1) is 8.96. The summed E-state index contributed by atoms with van der Waals surface area (Å²) in [5, 5.41) is 15.7. The summed E-state index contributed by atoms with van der Waals surface area (Å²) in [5.41, 5.74) is 0.665. The van der Waals surface area contributed by atoms with Gasteiger partial charge in [0.25, 0.3) is 0 Å². The molecule has 0 bridgehead atoms. The zero-order chi connectivity index (χ0) is 14.0. The maximum absolute atomic E-state index is 12.5. The summed E-state index contributed by atoms with van der Waals surface area (Å²) < 4.78 is 26.5. The van der Waals surface area contributed by atoms with Crippen molar-refractivity contribution in [2.75, 3.05) is 13.6 Å². The van der Waals surface area contributed by atoms with E-state index in [4.69, 9.17) is 0 Å². The standard InChI is InChI=1S/C12H21N3O3S/c1-9-12(11(8-16)14-13-9)19(17,18)15(2)7-10-5-3-4-6-10/h10,16H,3-8H2,1-2H3,(H,13,14). The highest BCUT2D eigenvalue weighted by Gasteiger charge is 2.30. The van der Waals surface area contributed by atoms with Crippen molar-refractivity contribution in [2.24, 2.45) is 5.92 Å². The van der Waals surface area contributed by atoms with Crippen LogP contribution < -0.4 is 0 Å². The number of nitrogens with one attached hydrogen (secondary N) is 1. The normalized spacial score (nSPS) is 17.5. The van der Waals surface area contributed by atoms with Gasteiger partial charge in [-0.25, -0.2) is 12.7 Å². The number of H-pyrrole nitrogens is 1. The maximum atomic E-state index is 12.5. The SMILES string of the molecule is Cc1[nH]nc(CO)c1S(=O)(=O)N(C)CC1CCCC1. The van der Waals surface area contributed by atoms with Crippen LogP contribution in [0.5, 0.6) is 0 Å². The van der Waals surface area contributed by atoms with Crippen molar-refractivity contribution in [3.63, 3.8) is 0 Å². The van der Waals surface area contributed by atoms with E-state index >= 15 is 0 Å². The molecule has 6 nitrogen and oxygen atoms in total. The summed E-state index contributed by atoms with van der Waals surface area (Å²) in [6.07, 6.45) is 4.56. The van der Waals surface area contributed by atoms with E-state index < -0.39 is 10.0 Å². The van der Waals surface area contributed by atoms with Gasteiger partial charge in [-0.1, -0.05) is 12.8 Å². The summed E-state index contributed by atoms with van der Waals surface area (Å²) in [7, 11) is -1.98. The molecule has 0 atom stereocenters. The lowest BCUT2D eigenvalue weighted by molar-refractivity contribution is 0.273. The molecule has 0 radical (unpaired) electrons. The number of aromatic nitrogens is 2. The Hall–Kier alpha value is -0.920. The number of aryl methyl sites for hydroxylation is 1. The first-order valence-corrected chi connectivity index (χ1v) is 8.02. The van der Waals surface area contributed by atoms with E-state index in [9.17, 15) is 13.5 Å². The minimum atomic E-state index is -3.58. The number of aliphatic hydroxyl groups is 1. The van der Waals surface area contributed by atoms with Crippen LogP contribution in [0.15, 0.2) is 4.90 Å². The molecule has 2 N–H and O–H groups in total. The minimum Gasteiger partial charge on any atom is -0.390 e. The van der Waals surface area contributed by atoms with Crippen LogP contribution in [-0.4, -0.2) is 41.6 Å². The zero-order valence-corrected chi connectivity index (χ0v) is 12.2. The third-order valence-corrected chi connectivity index (χ3v) is 5.80. The molecule has 1 aromatic rings. The number of aliphatic hydroxyl groups excluding tert-OH is 1. The first kappa shape index (κ1) is 14.5. The number of rotatable bonds is 5. The van der Waals surface area contributed by atoms with Gasteiger partial charge in [0, 0.05) is 13.6 Å². The summed E-state index contributed by atoms with van der Waals surface area (Å²) in [6.45, 7) is 1.82. The number of aromatic amines is 1. The van der Waals surface area contributed by atoms with Crippen LogP contribution >= 0.6 is 0 Å². The highest BCUT2D eigenvalue weighted by molar-refractivity contribution is 7.89. The Labute approximate surface area is 113 Å². The molecule has 0 aliphatic heterocycles. The number of hydrogen-bond donors (Lipinski definition) is 2. The van der Waals surface area contributed by atoms with Gasteiger partial charge < -0.3 is 5.11 Å². The monoisotopic (exact) mass is 287 g/mol. The van der Waals surface area contributed by atoms with Crippen LogP contribution in [0.4, 0.5) is 0 Å². The second-order valence-electron chi connectivity index (χ2n) is 5.22. The second-order valence-corrected chi connectivity index (χ2v) is 7.20. The van der Waals surface area contributed by atoms with E-state index in [1.165, 1.54) is 17.1 Å². The second kappa shape index (κ2) is 5.60. The minimum absolute atomic E-state index is 0.121. The Morgan fingerprint density at radius 2 is 2.05 bits per heavy atom. The third kappa shape index (κ3) is 2.82. The van der Waals surface area contributed by atoms with Crippen LogP contribution in [0, 0.1) is 12.8 Å². The van der Waals surface area contributed by atoms with E-state index in [1.807, 2.05) is 0 Å². The van der Waals surface area contributed by atoms with Gasteiger partial charge >= 0.3 is 0 Å². The molecule has 0 aromatic carbocycles. The topological polar surface area (TPSA) is 86.3 Å². The fourth-order valence-corrected chi connectivity index (χ4v) is 4.29. The van der Waals surface area contributed by atoms with E-state index in [0.29, 0.717) is 18.2 Å². The molecule has 0 amide bonds. The van der Waals surface area contributed by atoms with E-state index in [0.717, 1.165) is 12.8 Å². The molecule has 1 aliphatic carbocycles. The Kier molecular flexibility index (Phi) is 4.27. The molecule has 0 spiro atoms. The Morgan fingerprint density at radius 3 is 2.63 bits per heavy atom. The van der Waals surface area contributed by atoms with Crippen molar-refractivity contribution in [3.05, 3.63) is 11.4 Å². The van der Waals surface area contributed by atoms with Gasteiger partial charge in [-0.05, 0) is 25.7 Å². The van der Waals surface area contributed by atoms with Gasteiger partial charge in [-0.15, -0.1) is 0 Å². The fraction of sp³-hybridized carbons (Fsp3) is 0.750. The molecule has 0 saturated heterocycles. The number of sulfonamides is 1. The van der Waals surface area contributed by atoms with Crippen molar-refractivity contribution in [3.8, 4) is 0 Å². The predicted molar refractivity (Wildman–Crippen MR) is 71.0 cm³/mol. The molecule has 2 rings (SSSR count).